The molecule has 254 valence electrons. The number of hydrogen-bond acceptors (Lipinski definition) is 7. The van der Waals surface area contributed by atoms with Crippen molar-refractivity contribution in [3.05, 3.63) is 96.1 Å². The zero-order valence-corrected chi connectivity index (χ0v) is 27.8. The Kier molecular flexibility index (Phi) is 9.85. The van der Waals surface area contributed by atoms with Gasteiger partial charge in [-0.1, -0.05) is 98.3 Å². The van der Waals surface area contributed by atoms with Crippen molar-refractivity contribution in [3.8, 4) is 0 Å². The van der Waals surface area contributed by atoms with Crippen LogP contribution in [0.4, 0.5) is 0 Å². The number of ether oxygens (including phenoxy) is 2. The van der Waals surface area contributed by atoms with E-state index in [0.29, 0.717) is 30.6 Å². The van der Waals surface area contributed by atoms with E-state index in [2.05, 4.69) is 6.92 Å². The number of allylic oxidation sites excluding steroid dienone is 1. The molecule has 8 atom stereocenters. The van der Waals surface area contributed by atoms with Gasteiger partial charge in [-0.05, 0) is 30.9 Å². The van der Waals surface area contributed by atoms with Crippen molar-refractivity contribution >= 4 is 23.7 Å². The zero-order chi connectivity index (χ0) is 34.0. The molecule has 6 rings (SSSR count). The first-order valence-corrected chi connectivity index (χ1v) is 17.0. The van der Waals surface area contributed by atoms with Crippen LogP contribution in [0.15, 0.2) is 85.0 Å². The molecular formula is C38H45N3O7. The molecule has 4 heterocycles. The van der Waals surface area contributed by atoms with E-state index in [0.717, 1.165) is 12.8 Å². The number of nitrogens with zero attached hydrogens (tertiary/aromatic N) is 3. The van der Waals surface area contributed by atoms with Gasteiger partial charge in [0.2, 0.25) is 17.7 Å². The van der Waals surface area contributed by atoms with Gasteiger partial charge in [-0.15, -0.1) is 0 Å². The zero-order valence-electron chi connectivity index (χ0n) is 27.8. The molecule has 3 amide bonds. The van der Waals surface area contributed by atoms with Gasteiger partial charge in [0.1, 0.15) is 23.7 Å². The van der Waals surface area contributed by atoms with Crippen LogP contribution in [0.2, 0.25) is 0 Å². The van der Waals surface area contributed by atoms with E-state index in [1.165, 1.54) is 4.90 Å². The molecule has 10 heteroatoms. The summed E-state index contributed by atoms with van der Waals surface area (Å²) in [7, 11) is 1.70. The van der Waals surface area contributed by atoms with Gasteiger partial charge in [-0.25, -0.2) is 0 Å². The third kappa shape index (κ3) is 5.85. The molecule has 0 bridgehead atoms. The number of carbonyl (C=O) groups excluding carboxylic acids is 4. The predicted octanol–water partition coefficient (Wildman–Crippen LogP) is 3.98. The molecule has 2 aromatic rings. The summed E-state index contributed by atoms with van der Waals surface area (Å²) in [5.74, 6) is -3.64. The molecular weight excluding hydrogens is 610 g/mol. The summed E-state index contributed by atoms with van der Waals surface area (Å²) in [6.45, 7) is 4.31. The first-order valence-electron chi connectivity index (χ1n) is 17.0. The monoisotopic (exact) mass is 655 g/mol. The van der Waals surface area contributed by atoms with Gasteiger partial charge in [0.05, 0.1) is 30.7 Å². The normalized spacial score (nSPS) is 32.0. The second-order valence-corrected chi connectivity index (χ2v) is 13.2. The number of esters is 1. The Morgan fingerprint density at radius 1 is 0.979 bits per heavy atom. The molecule has 1 N–H and O–H groups in total. The lowest BCUT2D eigenvalue weighted by atomic mass is 9.77. The van der Waals surface area contributed by atoms with Crippen molar-refractivity contribution < 1.29 is 33.8 Å². The molecule has 0 aromatic heterocycles. The maximum absolute atomic E-state index is 14.9. The lowest BCUT2D eigenvalue weighted by molar-refractivity contribution is -0.164. The van der Waals surface area contributed by atoms with E-state index in [-0.39, 0.29) is 18.2 Å². The Hall–Kier alpha value is -4.28. The molecule has 1 spiro atoms. The Morgan fingerprint density at radius 3 is 2.38 bits per heavy atom. The molecule has 2 aromatic carbocycles. The van der Waals surface area contributed by atoms with Gasteiger partial charge in [-0.3, -0.25) is 19.2 Å². The van der Waals surface area contributed by atoms with Crippen LogP contribution in [-0.2, 0) is 28.7 Å². The van der Waals surface area contributed by atoms with Gasteiger partial charge in [-0.2, -0.15) is 0 Å². The van der Waals surface area contributed by atoms with Gasteiger partial charge in [0.25, 0.3) is 0 Å². The average Bonchev–Trinajstić information content (AvgIpc) is 3.49. The Labute approximate surface area is 282 Å². The molecule has 4 aliphatic rings. The molecule has 0 saturated carbocycles. The summed E-state index contributed by atoms with van der Waals surface area (Å²) in [5.41, 5.74) is -0.0991. The third-order valence-electron chi connectivity index (χ3n) is 10.4. The maximum Gasteiger partial charge on any atom is 0.313 e. The highest BCUT2D eigenvalue weighted by atomic mass is 16.6. The molecule has 2 saturated heterocycles. The number of aliphatic hydroxyl groups is 1. The number of aliphatic hydroxyl groups excluding tert-OH is 1. The first kappa shape index (κ1) is 33.6. The number of unbranched alkanes of at least 4 members (excludes halogenated alkanes) is 1. The van der Waals surface area contributed by atoms with Crippen molar-refractivity contribution in [2.75, 3.05) is 26.7 Å². The number of benzene rings is 2. The molecule has 4 aliphatic heterocycles. The molecule has 0 unspecified atom stereocenters. The van der Waals surface area contributed by atoms with E-state index in [1.54, 1.807) is 29.0 Å². The van der Waals surface area contributed by atoms with Crippen LogP contribution < -0.4 is 0 Å². The highest BCUT2D eigenvalue weighted by Crippen LogP contribution is 2.55. The summed E-state index contributed by atoms with van der Waals surface area (Å²) in [4.78, 5) is 62.1. The third-order valence-corrected chi connectivity index (χ3v) is 10.4. The summed E-state index contributed by atoms with van der Waals surface area (Å²) < 4.78 is 13.2. The number of carbonyl (C=O) groups is 4. The quantitative estimate of drug-likeness (QED) is 0.355. The summed E-state index contributed by atoms with van der Waals surface area (Å²) in [6, 6.07) is 15.9. The number of cyclic esters (lactones) is 1. The minimum atomic E-state index is -1.49. The summed E-state index contributed by atoms with van der Waals surface area (Å²) in [5, 5.41) is 10.8. The fourth-order valence-corrected chi connectivity index (χ4v) is 7.79. The standard InChI is InChI=1S/C38H45N3O7/c1-4-5-22-40-23-14-21-38-32(35(44)41(34(38)36(40)45)28(24-42)26-15-8-6-9-16-26)31-29(48-38)19-12-13-20-30(43)39(3)25(2)33(47-37(31)46)27-17-10-7-11-18-27/h6-12,14-19,21,25,28-29,31-34,42H,4-5,13,20,22-24H2,1-3H3/b19-12-/t25-,28-,29-,31+,32+,33+,34-,38+/m1/s1. The van der Waals surface area contributed by atoms with Crippen molar-refractivity contribution in [2.24, 2.45) is 11.8 Å². The highest BCUT2D eigenvalue weighted by Gasteiger charge is 2.72. The second-order valence-electron chi connectivity index (χ2n) is 13.2. The summed E-state index contributed by atoms with van der Waals surface area (Å²) >= 11 is 0. The number of amides is 3. The van der Waals surface area contributed by atoms with Gasteiger partial charge in [0.15, 0.2) is 0 Å². The van der Waals surface area contributed by atoms with E-state index >= 15 is 0 Å². The van der Waals surface area contributed by atoms with E-state index in [1.807, 2.05) is 79.7 Å². The number of likely N-dealkylation sites (N-methyl/N-ethyl adjacent to an activating group) is 1. The van der Waals surface area contributed by atoms with Crippen LogP contribution >= 0.6 is 0 Å². The minimum Gasteiger partial charge on any atom is -0.455 e. The van der Waals surface area contributed by atoms with Gasteiger partial charge < -0.3 is 29.3 Å². The Balaban J connectivity index is 1.48. The number of likely N-dealkylation sites (tertiary alicyclic amines) is 1. The van der Waals surface area contributed by atoms with Crippen LogP contribution in [0, 0.1) is 11.8 Å². The number of rotatable bonds is 7. The fourth-order valence-electron chi connectivity index (χ4n) is 7.79. The van der Waals surface area contributed by atoms with Crippen LogP contribution in [0.25, 0.3) is 0 Å². The van der Waals surface area contributed by atoms with Crippen LogP contribution in [-0.4, -0.2) is 94.0 Å². The van der Waals surface area contributed by atoms with E-state index in [4.69, 9.17) is 9.47 Å². The topological polar surface area (TPSA) is 117 Å². The van der Waals surface area contributed by atoms with E-state index < -0.39 is 66.3 Å². The first-order chi connectivity index (χ1) is 23.2. The van der Waals surface area contributed by atoms with E-state index in [9.17, 15) is 24.3 Å². The lowest BCUT2D eigenvalue weighted by Gasteiger charge is -2.38. The molecule has 0 radical (unpaired) electrons. The van der Waals surface area contributed by atoms with Crippen molar-refractivity contribution in [3.63, 3.8) is 0 Å². The SMILES string of the molecule is CCCCN1CC=C[C@]23O[C@@H]4/C=C\CCC(=O)N(C)[C@H](C)[C@@H](c5ccccc5)OC(=O)[C@@H]4[C@H]2C(=O)N([C@H](CO)c2ccccc2)[C@@H]3C1=O. The molecule has 48 heavy (non-hydrogen) atoms. The number of fused-ring (bicyclic) bond motifs is 2. The predicted molar refractivity (Wildman–Crippen MR) is 178 cm³/mol. The minimum absolute atomic E-state index is 0.0876. The number of hydrogen-bond donors (Lipinski definition) is 1. The van der Waals surface area contributed by atoms with Crippen LogP contribution in [0.5, 0.6) is 0 Å². The van der Waals surface area contributed by atoms with Crippen LogP contribution in [0.3, 0.4) is 0 Å². The van der Waals surface area contributed by atoms with Crippen molar-refractivity contribution in [2.45, 2.75) is 75.5 Å². The lowest BCUT2D eigenvalue weighted by Crippen LogP contribution is -2.56. The van der Waals surface area contributed by atoms with Crippen molar-refractivity contribution in [1.29, 1.82) is 0 Å². The Morgan fingerprint density at radius 2 is 1.69 bits per heavy atom. The highest BCUT2D eigenvalue weighted by molar-refractivity contribution is 5.99. The molecule has 2 fully saturated rings. The average molecular weight is 656 g/mol. The second kappa shape index (κ2) is 14.1. The van der Waals surface area contributed by atoms with Crippen molar-refractivity contribution in [1.82, 2.24) is 14.7 Å². The largest absolute Gasteiger partial charge is 0.455 e. The molecule has 10 nitrogen and oxygen atoms in total. The van der Waals surface area contributed by atoms with Gasteiger partial charge in [0, 0.05) is 26.6 Å². The molecule has 0 aliphatic carbocycles. The van der Waals surface area contributed by atoms with Gasteiger partial charge >= 0.3 is 5.97 Å². The smallest absolute Gasteiger partial charge is 0.313 e. The summed E-state index contributed by atoms with van der Waals surface area (Å²) in [6.07, 6.45) is 7.82. The Bertz CT molecular complexity index is 1560. The maximum atomic E-state index is 14.9. The van der Waals surface area contributed by atoms with Crippen LogP contribution in [0.1, 0.15) is 62.8 Å². The fraction of sp³-hybridized carbons (Fsp3) is 0.474.